The number of carbonyl (C=O) groups is 1. The Morgan fingerprint density at radius 3 is 2.43 bits per heavy atom. The van der Waals surface area contributed by atoms with Crippen LogP contribution in [0.4, 0.5) is 24.8 Å². The van der Waals surface area contributed by atoms with Gasteiger partial charge in [-0.25, -0.2) is 9.97 Å². The van der Waals surface area contributed by atoms with E-state index in [0.29, 0.717) is 13.1 Å². The average Bonchev–Trinajstić information content (AvgIpc) is 2.38. The quantitative estimate of drug-likeness (QED) is 0.865. The lowest BCUT2D eigenvalue weighted by molar-refractivity contribution is -0.144. The van der Waals surface area contributed by atoms with Crippen molar-refractivity contribution >= 4 is 17.5 Å². The molecule has 21 heavy (non-hydrogen) atoms. The first kappa shape index (κ1) is 17.0. The van der Waals surface area contributed by atoms with Gasteiger partial charge in [0, 0.05) is 19.2 Å². The number of nitrogens with one attached hydrogen (secondary N) is 1. The molecule has 0 bridgehead atoms. The van der Waals surface area contributed by atoms with Crippen molar-refractivity contribution in [2.45, 2.75) is 33.0 Å². The van der Waals surface area contributed by atoms with Gasteiger partial charge in [0.05, 0.1) is 0 Å². The number of hydrogen-bond acceptors (Lipinski definition) is 5. The number of nitrogen functional groups attached to an aromatic ring is 1. The van der Waals surface area contributed by atoms with Crippen molar-refractivity contribution in [1.29, 1.82) is 0 Å². The van der Waals surface area contributed by atoms with Crippen molar-refractivity contribution in [1.82, 2.24) is 14.9 Å². The minimum Gasteiger partial charge on any atom is -0.384 e. The zero-order valence-corrected chi connectivity index (χ0v) is 12.0. The van der Waals surface area contributed by atoms with Crippen molar-refractivity contribution in [3.05, 3.63) is 11.9 Å². The highest BCUT2D eigenvalue weighted by Gasteiger charge is 2.35. The third-order valence-electron chi connectivity index (χ3n) is 2.81. The number of anilines is 2. The second-order valence-electron chi connectivity index (χ2n) is 4.38. The number of aromatic nitrogens is 2. The number of nitrogens with two attached hydrogens (primary N) is 1. The molecule has 0 spiro atoms. The van der Waals surface area contributed by atoms with E-state index in [9.17, 15) is 18.0 Å². The molecule has 0 saturated carbocycles. The molecule has 118 valence electrons. The fourth-order valence-electron chi connectivity index (χ4n) is 1.76. The van der Waals surface area contributed by atoms with Gasteiger partial charge in [0.2, 0.25) is 11.7 Å². The number of halogens is 3. The van der Waals surface area contributed by atoms with E-state index in [0.717, 1.165) is 6.07 Å². The summed E-state index contributed by atoms with van der Waals surface area (Å²) < 4.78 is 37.8. The number of alkyl halides is 3. The van der Waals surface area contributed by atoms with Crippen molar-refractivity contribution in [2.75, 3.05) is 24.1 Å². The van der Waals surface area contributed by atoms with Crippen LogP contribution in [-0.4, -0.2) is 39.9 Å². The summed E-state index contributed by atoms with van der Waals surface area (Å²) >= 11 is 0. The Kier molecular flexibility index (Phi) is 5.34. The SMILES string of the molecule is CCN(CC)C(=O)C(C)Nc1cc(N)nc(C(F)(F)F)n1. The molecule has 1 aromatic rings. The fourth-order valence-corrected chi connectivity index (χ4v) is 1.76. The van der Waals surface area contributed by atoms with Gasteiger partial charge in [-0.2, -0.15) is 13.2 Å². The molecule has 0 aromatic carbocycles. The highest BCUT2D eigenvalue weighted by Crippen LogP contribution is 2.27. The first-order valence-electron chi connectivity index (χ1n) is 6.46. The Labute approximate surface area is 120 Å². The van der Waals surface area contributed by atoms with Crippen molar-refractivity contribution in [3.8, 4) is 0 Å². The number of hydrogen-bond donors (Lipinski definition) is 2. The van der Waals surface area contributed by atoms with Gasteiger partial charge >= 0.3 is 6.18 Å². The molecule has 1 atom stereocenters. The Bertz CT molecular complexity index is 502. The molecule has 0 aliphatic rings. The van der Waals surface area contributed by atoms with Crippen LogP contribution in [0.5, 0.6) is 0 Å². The van der Waals surface area contributed by atoms with Gasteiger partial charge < -0.3 is 16.0 Å². The number of carbonyl (C=O) groups excluding carboxylic acids is 1. The zero-order valence-electron chi connectivity index (χ0n) is 12.0. The average molecular weight is 305 g/mol. The number of likely N-dealkylation sites (N-methyl/N-ethyl adjacent to an activating group) is 1. The minimum atomic E-state index is -4.70. The van der Waals surface area contributed by atoms with Gasteiger partial charge in [-0.3, -0.25) is 4.79 Å². The second kappa shape index (κ2) is 6.59. The van der Waals surface area contributed by atoms with E-state index in [1.165, 1.54) is 0 Å². The monoisotopic (exact) mass is 305 g/mol. The van der Waals surface area contributed by atoms with Gasteiger partial charge in [-0.05, 0) is 20.8 Å². The maximum Gasteiger partial charge on any atom is 0.451 e. The summed E-state index contributed by atoms with van der Waals surface area (Å²) in [6, 6.07) is 0.432. The molecule has 0 fully saturated rings. The van der Waals surface area contributed by atoms with Crippen molar-refractivity contribution < 1.29 is 18.0 Å². The summed E-state index contributed by atoms with van der Waals surface area (Å²) in [5.74, 6) is -2.02. The van der Waals surface area contributed by atoms with Crippen LogP contribution in [-0.2, 0) is 11.0 Å². The van der Waals surface area contributed by atoms with Crippen molar-refractivity contribution in [3.63, 3.8) is 0 Å². The molecule has 3 N–H and O–H groups in total. The fraction of sp³-hybridized carbons (Fsp3) is 0.583. The van der Waals surface area contributed by atoms with Gasteiger partial charge in [0.25, 0.3) is 0 Å². The van der Waals surface area contributed by atoms with Crippen LogP contribution in [0, 0.1) is 0 Å². The van der Waals surface area contributed by atoms with Crippen LogP contribution in [0.3, 0.4) is 0 Å². The Balaban J connectivity index is 2.93. The molecule has 1 heterocycles. The van der Waals surface area contributed by atoms with Crippen LogP contribution in [0.15, 0.2) is 6.07 Å². The third-order valence-corrected chi connectivity index (χ3v) is 2.81. The lowest BCUT2D eigenvalue weighted by Gasteiger charge is -2.23. The van der Waals surface area contributed by atoms with Crippen molar-refractivity contribution in [2.24, 2.45) is 0 Å². The summed E-state index contributed by atoms with van der Waals surface area (Å²) in [4.78, 5) is 20.1. The van der Waals surface area contributed by atoms with E-state index in [2.05, 4.69) is 15.3 Å². The molecule has 6 nitrogen and oxygen atoms in total. The van der Waals surface area contributed by atoms with E-state index < -0.39 is 18.0 Å². The highest BCUT2D eigenvalue weighted by molar-refractivity contribution is 5.84. The van der Waals surface area contributed by atoms with E-state index in [1.54, 1.807) is 11.8 Å². The molecule has 0 aliphatic carbocycles. The van der Waals surface area contributed by atoms with Crippen LogP contribution < -0.4 is 11.1 Å². The lowest BCUT2D eigenvalue weighted by atomic mass is 10.2. The number of amides is 1. The molecule has 0 saturated heterocycles. The van der Waals surface area contributed by atoms with Crippen LogP contribution >= 0.6 is 0 Å². The Morgan fingerprint density at radius 1 is 1.38 bits per heavy atom. The van der Waals surface area contributed by atoms with Crippen LogP contribution in [0.2, 0.25) is 0 Å². The maximum atomic E-state index is 12.6. The number of nitrogens with zero attached hydrogens (tertiary/aromatic N) is 3. The Hall–Kier alpha value is -2.06. The Morgan fingerprint density at radius 2 is 1.95 bits per heavy atom. The highest BCUT2D eigenvalue weighted by atomic mass is 19.4. The summed E-state index contributed by atoms with van der Waals surface area (Å²) in [5.41, 5.74) is 5.33. The van der Waals surface area contributed by atoms with E-state index in [4.69, 9.17) is 5.73 Å². The summed E-state index contributed by atoms with van der Waals surface area (Å²) in [7, 11) is 0. The van der Waals surface area contributed by atoms with E-state index in [-0.39, 0.29) is 17.5 Å². The molecule has 1 aromatic heterocycles. The maximum absolute atomic E-state index is 12.6. The van der Waals surface area contributed by atoms with Gasteiger partial charge in [-0.1, -0.05) is 0 Å². The van der Waals surface area contributed by atoms with Gasteiger partial charge in [0.15, 0.2) is 0 Å². The molecule has 0 aliphatic heterocycles. The topological polar surface area (TPSA) is 84.1 Å². The smallest absolute Gasteiger partial charge is 0.384 e. The largest absolute Gasteiger partial charge is 0.451 e. The summed E-state index contributed by atoms with van der Waals surface area (Å²) in [5, 5.41) is 2.62. The summed E-state index contributed by atoms with van der Waals surface area (Å²) in [6.07, 6.45) is -4.70. The third kappa shape index (κ3) is 4.47. The van der Waals surface area contributed by atoms with Gasteiger partial charge in [0.1, 0.15) is 17.7 Å². The normalized spacial score (nSPS) is 12.9. The van der Waals surface area contributed by atoms with Crippen LogP contribution in [0.25, 0.3) is 0 Å². The first-order chi connectivity index (χ1) is 9.68. The standard InChI is InChI=1S/C12H18F3N5O/c1-4-20(5-2)10(21)7(3)17-9-6-8(16)18-11(19-9)12(13,14)15/h6-7H,4-5H2,1-3H3,(H3,16,17,18,19). The molecule has 0 radical (unpaired) electrons. The predicted molar refractivity (Wildman–Crippen MR) is 72.5 cm³/mol. The van der Waals surface area contributed by atoms with Gasteiger partial charge in [-0.15, -0.1) is 0 Å². The predicted octanol–water partition coefficient (Wildman–Crippen LogP) is 1.75. The first-order valence-corrected chi connectivity index (χ1v) is 6.46. The summed E-state index contributed by atoms with van der Waals surface area (Å²) in [6.45, 7) is 6.21. The molecule has 1 amide bonds. The second-order valence-corrected chi connectivity index (χ2v) is 4.38. The van der Waals surface area contributed by atoms with E-state index >= 15 is 0 Å². The number of rotatable bonds is 5. The molecular formula is C12H18F3N5O. The molecular weight excluding hydrogens is 287 g/mol. The minimum absolute atomic E-state index is 0.136. The molecule has 1 rings (SSSR count). The molecule has 9 heteroatoms. The van der Waals surface area contributed by atoms with E-state index in [1.807, 2.05) is 13.8 Å². The van der Waals surface area contributed by atoms with Crippen LogP contribution in [0.1, 0.15) is 26.6 Å². The zero-order chi connectivity index (χ0) is 16.2. The molecule has 1 unspecified atom stereocenters. The lowest BCUT2D eigenvalue weighted by Crippen LogP contribution is -2.41.